The molecule has 0 atom stereocenters. The van der Waals surface area contributed by atoms with Gasteiger partial charge in [-0.05, 0) is 32.6 Å². The molecule has 7 heteroatoms. The highest BCUT2D eigenvalue weighted by Crippen LogP contribution is 2.08. The molecule has 1 N–H and O–H groups in total. The fourth-order valence-corrected chi connectivity index (χ4v) is 1.75. The smallest absolute Gasteiger partial charge is 0.461 e. The summed E-state index contributed by atoms with van der Waals surface area (Å²) in [7, 11) is 3.86. The minimum absolute atomic E-state index is 0.0215. The van der Waals surface area contributed by atoms with Gasteiger partial charge in [-0.25, -0.2) is 4.73 Å². The van der Waals surface area contributed by atoms with Gasteiger partial charge in [0.15, 0.2) is 5.52 Å². The van der Waals surface area contributed by atoms with E-state index in [-0.39, 0.29) is 11.5 Å². The average molecular weight is 263 g/mol. The number of nitrogens with zero attached hydrogens (tertiary/aromatic N) is 4. The zero-order valence-electron chi connectivity index (χ0n) is 11.3. The van der Waals surface area contributed by atoms with Crippen LogP contribution < -0.4 is 14.9 Å². The minimum Gasteiger partial charge on any atom is -0.739 e. The van der Waals surface area contributed by atoms with Crippen LogP contribution in [0.15, 0.2) is 18.2 Å². The number of likely N-dealkylation sites (N-methyl/N-ethyl adjacent to an activating group) is 1. The van der Waals surface area contributed by atoms with Crippen LogP contribution in [-0.2, 0) is 0 Å². The first-order valence-corrected chi connectivity index (χ1v) is 6.01. The predicted octanol–water partition coefficient (Wildman–Crippen LogP) is -0.216. The van der Waals surface area contributed by atoms with Crippen LogP contribution >= 0.6 is 0 Å². The summed E-state index contributed by atoms with van der Waals surface area (Å²) in [5, 5.41) is 30.5. The molecule has 0 aliphatic heterocycles. The second-order valence-electron chi connectivity index (χ2n) is 4.71. The first-order valence-electron chi connectivity index (χ1n) is 6.01. The van der Waals surface area contributed by atoms with E-state index in [1.54, 1.807) is 18.2 Å². The fraction of sp³-hybridized carbons (Fsp3) is 0.417. The molecule has 0 bridgehead atoms. The Balaban J connectivity index is 2.36. The quantitative estimate of drug-likeness (QED) is 0.609. The molecule has 1 heterocycles. The van der Waals surface area contributed by atoms with Crippen molar-refractivity contribution in [3.63, 3.8) is 0 Å². The Morgan fingerprint density at radius 1 is 1.26 bits per heavy atom. The average Bonchev–Trinajstić information content (AvgIpc) is 2.35. The van der Waals surface area contributed by atoms with Crippen LogP contribution in [0.3, 0.4) is 0 Å². The summed E-state index contributed by atoms with van der Waals surface area (Å²) in [6.45, 7) is 3.14. The van der Waals surface area contributed by atoms with Crippen molar-refractivity contribution < 1.29 is 9.58 Å². The largest absolute Gasteiger partial charge is 0.739 e. The molecule has 0 amide bonds. The Morgan fingerprint density at radius 3 is 2.68 bits per heavy atom. The standard InChI is InChI=1S/C12H17N5O2/c1-9-4-5-10-11(8-9)17(19)14-12(16(10)18)13-6-7-15(2)3/h4-5,8H,6-7H2,1-3H3,(H,13,14). The highest BCUT2D eigenvalue weighted by molar-refractivity contribution is 5.68. The van der Waals surface area contributed by atoms with E-state index in [1.807, 2.05) is 25.9 Å². The zero-order chi connectivity index (χ0) is 14.0. The molecule has 19 heavy (non-hydrogen) atoms. The Bertz CT molecular complexity index is 600. The van der Waals surface area contributed by atoms with Crippen molar-refractivity contribution in [1.82, 2.24) is 10.00 Å². The zero-order valence-corrected chi connectivity index (χ0v) is 11.3. The highest BCUT2D eigenvalue weighted by Gasteiger charge is 2.19. The van der Waals surface area contributed by atoms with Crippen molar-refractivity contribution in [2.75, 3.05) is 32.5 Å². The molecule has 102 valence electrons. The lowest BCUT2D eigenvalue weighted by Gasteiger charge is -2.11. The normalized spacial score (nSPS) is 11.2. The number of benzene rings is 1. The lowest BCUT2D eigenvalue weighted by atomic mass is 10.2. The van der Waals surface area contributed by atoms with Crippen LogP contribution in [0.4, 0.5) is 5.95 Å². The Hall–Kier alpha value is -2.15. The molecule has 0 aliphatic rings. The number of nitrogens with one attached hydrogen (secondary N) is 1. The van der Waals surface area contributed by atoms with E-state index < -0.39 is 0 Å². The van der Waals surface area contributed by atoms with Gasteiger partial charge in [0, 0.05) is 17.5 Å². The number of aromatic nitrogens is 3. The van der Waals surface area contributed by atoms with Gasteiger partial charge in [0.05, 0.1) is 6.54 Å². The fourth-order valence-electron chi connectivity index (χ4n) is 1.75. The predicted molar refractivity (Wildman–Crippen MR) is 71.4 cm³/mol. The van der Waals surface area contributed by atoms with Gasteiger partial charge in [-0.15, -0.1) is 0 Å². The highest BCUT2D eigenvalue weighted by atomic mass is 16.5. The van der Waals surface area contributed by atoms with Gasteiger partial charge in [-0.1, -0.05) is 6.07 Å². The van der Waals surface area contributed by atoms with E-state index in [0.29, 0.717) is 21.6 Å². The molecule has 0 saturated carbocycles. The van der Waals surface area contributed by atoms with Gasteiger partial charge in [0.2, 0.25) is 5.10 Å². The van der Waals surface area contributed by atoms with Crippen molar-refractivity contribution in [2.24, 2.45) is 0 Å². The van der Waals surface area contributed by atoms with E-state index in [1.165, 1.54) is 0 Å². The summed E-state index contributed by atoms with van der Waals surface area (Å²) in [4.78, 5) is 2.45. The molecular weight excluding hydrogens is 246 g/mol. The van der Waals surface area contributed by atoms with Crippen LogP contribution in [0.5, 0.6) is 0 Å². The Labute approximate surface area is 111 Å². The summed E-state index contributed by atoms with van der Waals surface area (Å²) in [6, 6.07) is 5.07. The van der Waals surface area contributed by atoms with Crippen molar-refractivity contribution in [3.8, 4) is 0 Å². The number of aryl methyl sites for hydroxylation is 1. The maximum atomic E-state index is 12.1. The van der Waals surface area contributed by atoms with Gasteiger partial charge in [0.1, 0.15) is 0 Å². The molecule has 1 aromatic carbocycles. The molecular formula is C12H17N5O2. The van der Waals surface area contributed by atoms with E-state index in [2.05, 4.69) is 10.4 Å². The molecule has 2 rings (SSSR count). The number of rotatable bonds is 4. The summed E-state index contributed by atoms with van der Waals surface area (Å²) >= 11 is 0. The number of hydrogen-bond acceptors (Lipinski definition) is 5. The molecule has 0 saturated heterocycles. The maximum Gasteiger partial charge on any atom is 0.461 e. The second kappa shape index (κ2) is 5.23. The van der Waals surface area contributed by atoms with E-state index >= 15 is 0 Å². The molecule has 0 aliphatic carbocycles. The monoisotopic (exact) mass is 263 g/mol. The lowest BCUT2D eigenvalue weighted by Crippen LogP contribution is -2.44. The molecule has 0 spiro atoms. The Kier molecular flexibility index (Phi) is 3.66. The van der Waals surface area contributed by atoms with Gasteiger partial charge >= 0.3 is 5.95 Å². The minimum atomic E-state index is 0.0215. The molecule has 2 aromatic rings. The third-order valence-electron chi connectivity index (χ3n) is 2.78. The first kappa shape index (κ1) is 13.3. The van der Waals surface area contributed by atoms with Crippen LogP contribution in [-0.4, -0.2) is 37.2 Å². The molecule has 1 aromatic heterocycles. The van der Waals surface area contributed by atoms with Crippen LogP contribution in [0.1, 0.15) is 5.56 Å². The molecule has 7 nitrogen and oxygen atoms in total. The SMILES string of the molecule is Cc1ccc2c(c1)[n+]([O-])nc(NCCN(C)C)[n+]2[O-]. The van der Waals surface area contributed by atoms with E-state index in [0.717, 1.165) is 12.1 Å². The van der Waals surface area contributed by atoms with Gasteiger partial charge < -0.3 is 15.3 Å². The maximum absolute atomic E-state index is 12.1. The summed E-state index contributed by atoms with van der Waals surface area (Å²) in [5.41, 5.74) is 1.49. The van der Waals surface area contributed by atoms with Crippen molar-refractivity contribution in [2.45, 2.75) is 6.92 Å². The van der Waals surface area contributed by atoms with E-state index in [9.17, 15) is 10.4 Å². The van der Waals surface area contributed by atoms with Crippen molar-refractivity contribution >= 4 is 17.0 Å². The van der Waals surface area contributed by atoms with Gasteiger partial charge in [0.25, 0.3) is 5.52 Å². The third-order valence-corrected chi connectivity index (χ3v) is 2.78. The second-order valence-corrected chi connectivity index (χ2v) is 4.71. The van der Waals surface area contributed by atoms with Crippen molar-refractivity contribution in [3.05, 3.63) is 34.2 Å². The van der Waals surface area contributed by atoms with Gasteiger partial charge in [-0.3, -0.25) is 5.32 Å². The topological polar surface area (TPSA) is 82.0 Å². The van der Waals surface area contributed by atoms with Crippen molar-refractivity contribution in [1.29, 1.82) is 0 Å². The summed E-state index contributed by atoms with van der Waals surface area (Å²) in [5.74, 6) is 0.0215. The Morgan fingerprint density at radius 2 is 2.00 bits per heavy atom. The van der Waals surface area contributed by atoms with Crippen LogP contribution in [0.2, 0.25) is 0 Å². The van der Waals surface area contributed by atoms with Crippen LogP contribution in [0.25, 0.3) is 11.0 Å². The van der Waals surface area contributed by atoms with E-state index in [4.69, 9.17) is 0 Å². The van der Waals surface area contributed by atoms with Crippen LogP contribution in [0, 0.1) is 17.3 Å². The summed E-state index contributed by atoms with van der Waals surface area (Å²) < 4.78 is 0.652. The van der Waals surface area contributed by atoms with Gasteiger partial charge in [-0.2, -0.15) is 0 Å². The first-order chi connectivity index (χ1) is 8.99. The molecule has 0 fully saturated rings. The number of fused-ring (bicyclic) bond motifs is 1. The summed E-state index contributed by atoms with van der Waals surface area (Å²) in [6.07, 6.45) is 0. The third kappa shape index (κ3) is 2.82. The molecule has 0 radical (unpaired) electrons. The number of hydrogen-bond donors (Lipinski definition) is 1. The lowest BCUT2D eigenvalue weighted by molar-refractivity contribution is -0.672. The number of anilines is 1. The molecule has 0 unspecified atom stereocenters.